The number of hydrogen-bond acceptors (Lipinski definition) is 3. The fourth-order valence-corrected chi connectivity index (χ4v) is 3.36. The van der Waals surface area contributed by atoms with Gasteiger partial charge in [0.05, 0.1) is 0 Å². The number of hydrogen-bond donors (Lipinski definition) is 3. The molecule has 0 aromatic heterocycles. The Morgan fingerprint density at radius 3 is 2.56 bits per heavy atom. The van der Waals surface area contributed by atoms with E-state index in [1.165, 1.54) is 0 Å². The van der Waals surface area contributed by atoms with E-state index in [1.54, 1.807) is 12.1 Å². The molecule has 3 rings (SSSR count). The molecular formula is C19H19ClN4O2S. The third-order valence-corrected chi connectivity index (χ3v) is 5.13. The molecule has 1 aliphatic heterocycles. The Kier molecular flexibility index (Phi) is 5.34. The van der Waals surface area contributed by atoms with Crippen molar-refractivity contribution >= 4 is 46.6 Å². The summed E-state index contributed by atoms with van der Waals surface area (Å²) >= 11 is 11.3. The number of benzene rings is 2. The lowest BCUT2D eigenvalue weighted by Gasteiger charge is -2.25. The predicted octanol–water partition coefficient (Wildman–Crippen LogP) is 3.71. The van der Waals surface area contributed by atoms with Gasteiger partial charge in [0, 0.05) is 10.7 Å². The number of rotatable bonds is 4. The van der Waals surface area contributed by atoms with Gasteiger partial charge in [-0.05, 0) is 48.8 Å². The highest BCUT2D eigenvalue weighted by molar-refractivity contribution is 7.80. The first-order valence-electron chi connectivity index (χ1n) is 8.43. The van der Waals surface area contributed by atoms with Crippen LogP contribution in [0.4, 0.5) is 10.5 Å². The van der Waals surface area contributed by atoms with Gasteiger partial charge < -0.3 is 10.6 Å². The van der Waals surface area contributed by atoms with Crippen LogP contribution in [-0.2, 0) is 10.3 Å². The van der Waals surface area contributed by atoms with E-state index in [-0.39, 0.29) is 5.11 Å². The van der Waals surface area contributed by atoms with E-state index in [2.05, 4.69) is 16.1 Å². The SMILES string of the molecule is CC[C@]1(c2ccccc2)NC(=O)N(NC(=S)Nc2ccc(C)c(Cl)c2)C1=O. The average Bonchev–Trinajstić information content (AvgIpc) is 2.90. The van der Waals surface area contributed by atoms with Gasteiger partial charge in [-0.15, -0.1) is 0 Å². The van der Waals surface area contributed by atoms with Gasteiger partial charge >= 0.3 is 6.03 Å². The van der Waals surface area contributed by atoms with Crippen LogP contribution in [0.1, 0.15) is 24.5 Å². The number of carbonyl (C=O) groups excluding carboxylic acids is 2. The molecule has 0 aliphatic carbocycles. The van der Waals surface area contributed by atoms with Crippen molar-refractivity contribution in [3.8, 4) is 0 Å². The molecule has 0 saturated carbocycles. The van der Waals surface area contributed by atoms with Crippen LogP contribution in [0.3, 0.4) is 0 Å². The number of halogens is 1. The summed E-state index contributed by atoms with van der Waals surface area (Å²) in [5.74, 6) is -0.410. The molecule has 0 radical (unpaired) electrons. The molecule has 1 fully saturated rings. The Morgan fingerprint density at radius 2 is 1.93 bits per heavy atom. The number of carbonyl (C=O) groups is 2. The van der Waals surface area contributed by atoms with Crippen LogP contribution >= 0.6 is 23.8 Å². The van der Waals surface area contributed by atoms with Gasteiger partial charge in [0.15, 0.2) is 5.11 Å². The largest absolute Gasteiger partial charge is 0.344 e. The van der Waals surface area contributed by atoms with Crippen LogP contribution in [0, 0.1) is 6.92 Å². The molecule has 1 heterocycles. The molecule has 2 aromatic rings. The fourth-order valence-electron chi connectivity index (χ4n) is 2.97. The zero-order valence-corrected chi connectivity index (χ0v) is 16.4. The molecule has 2 aromatic carbocycles. The van der Waals surface area contributed by atoms with Crippen LogP contribution in [0.15, 0.2) is 48.5 Å². The van der Waals surface area contributed by atoms with Crippen LogP contribution in [0.2, 0.25) is 5.02 Å². The topological polar surface area (TPSA) is 73.5 Å². The molecule has 6 nitrogen and oxygen atoms in total. The highest BCUT2D eigenvalue weighted by atomic mass is 35.5. The number of anilines is 1. The molecule has 3 amide bonds. The molecule has 8 heteroatoms. The van der Waals surface area contributed by atoms with E-state index in [0.717, 1.165) is 16.1 Å². The zero-order valence-electron chi connectivity index (χ0n) is 14.9. The number of thiocarbonyl (C=S) groups is 1. The third kappa shape index (κ3) is 3.61. The van der Waals surface area contributed by atoms with E-state index in [1.807, 2.05) is 50.2 Å². The molecular weight excluding hydrogens is 384 g/mol. The van der Waals surface area contributed by atoms with E-state index >= 15 is 0 Å². The summed E-state index contributed by atoms with van der Waals surface area (Å²) < 4.78 is 0. The molecule has 0 unspecified atom stereocenters. The maximum atomic E-state index is 13.0. The molecule has 140 valence electrons. The second kappa shape index (κ2) is 7.54. The molecule has 1 atom stereocenters. The van der Waals surface area contributed by atoms with Crippen molar-refractivity contribution in [2.75, 3.05) is 5.32 Å². The maximum Gasteiger partial charge on any atom is 0.344 e. The van der Waals surface area contributed by atoms with Gasteiger partial charge in [0.25, 0.3) is 5.91 Å². The first kappa shape index (κ1) is 19.1. The normalized spacial score (nSPS) is 19.0. The van der Waals surface area contributed by atoms with Crippen LogP contribution < -0.4 is 16.1 Å². The van der Waals surface area contributed by atoms with E-state index in [0.29, 0.717) is 17.1 Å². The van der Waals surface area contributed by atoms with Crippen LogP contribution in [-0.4, -0.2) is 22.1 Å². The Balaban J connectivity index is 1.77. The smallest absolute Gasteiger partial charge is 0.331 e. The molecule has 27 heavy (non-hydrogen) atoms. The van der Waals surface area contributed by atoms with Crippen LogP contribution in [0.5, 0.6) is 0 Å². The van der Waals surface area contributed by atoms with Crippen molar-refractivity contribution in [1.82, 2.24) is 15.8 Å². The van der Waals surface area contributed by atoms with Crippen molar-refractivity contribution in [2.45, 2.75) is 25.8 Å². The fraction of sp³-hybridized carbons (Fsp3) is 0.211. The molecule has 0 spiro atoms. The zero-order chi connectivity index (χ0) is 19.6. The summed E-state index contributed by atoms with van der Waals surface area (Å²) in [6.07, 6.45) is 0.410. The third-order valence-electron chi connectivity index (χ3n) is 4.53. The van der Waals surface area contributed by atoms with E-state index in [4.69, 9.17) is 23.8 Å². The van der Waals surface area contributed by atoms with E-state index in [9.17, 15) is 9.59 Å². The number of nitrogens with zero attached hydrogens (tertiary/aromatic N) is 1. The number of aryl methyl sites for hydroxylation is 1. The highest BCUT2D eigenvalue weighted by Gasteiger charge is 2.51. The predicted molar refractivity (Wildman–Crippen MR) is 109 cm³/mol. The van der Waals surface area contributed by atoms with Gasteiger partial charge in [0.2, 0.25) is 0 Å². The number of hydrazine groups is 1. The van der Waals surface area contributed by atoms with Gasteiger partial charge in [-0.25, -0.2) is 4.79 Å². The van der Waals surface area contributed by atoms with Gasteiger partial charge in [0.1, 0.15) is 5.54 Å². The molecule has 1 saturated heterocycles. The molecule has 0 bridgehead atoms. The van der Waals surface area contributed by atoms with E-state index < -0.39 is 17.5 Å². The number of amides is 3. The minimum absolute atomic E-state index is 0.110. The second-order valence-electron chi connectivity index (χ2n) is 6.23. The van der Waals surface area contributed by atoms with Gasteiger partial charge in [-0.2, -0.15) is 5.01 Å². The minimum atomic E-state index is -1.12. The van der Waals surface area contributed by atoms with Crippen molar-refractivity contribution in [3.05, 3.63) is 64.7 Å². The monoisotopic (exact) mass is 402 g/mol. The summed E-state index contributed by atoms with van der Waals surface area (Å²) in [4.78, 5) is 25.5. The number of nitrogens with one attached hydrogen (secondary N) is 3. The van der Waals surface area contributed by atoms with Crippen molar-refractivity contribution in [3.63, 3.8) is 0 Å². The standard InChI is InChI=1S/C19H19ClN4O2S/c1-3-19(13-7-5-4-6-8-13)16(25)24(18(26)22-19)23-17(27)21-14-10-9-12(2)15(20)11-14/h4-11H,3H2,1-2H3,(H,22,26)(H2,21,23,27)/t19-/m1/s1. The van der Waals surface area contributed by atoms with Gasteiger partial charge in [-0.1, -0.05) is 54.9 Å². The first-order valence-corrected chi connectivity index (χ1v) is 9.22. The van der Waals surface area contributed by atoms with Crippen molar-refractivity contribution in [2.24, 2.45) is 0 Å². The van der Waals surface area contributed by atoms with Crippen LogP contribution in [0.25, 0.3) is 0 Å². The van der Waals surface area contributed by atoms with Gasteiger partial charge in [-0.3, -0.25) is 10.2 Å². The number of urea groups is 1. The summed E-state index contributed by atoms with van der Waals surface area (Å²) in [5.41, 5.74) is 3.86. The highest BCUT2D eigenvalue weighted by Crippen LogP contribution is 2.31. The molecule has 1 aliphatic rings. The lowest BCUT2D eigenvalue weighted by atomic mass is 9.87. The Labute approximate surface area is 167 Å². The quantitative estimate of drug-likeness (QED) is 0.537. The summed E-state index contributed by atoms with van der Waals surface area (Å²) in [7, 11) is 0. The maximum absolute atomic E-state index is 13.0. The van der Waals surface area contributed by atoms with Crippen molar-refractivity contribution in [1.29, 1.82) is 0 Å². The first-order chi connectivity index (χ1) is 12.9. The Bertz CT molecular complexity index is 906. The van der Waals surface area contributed by atoms with Crippen molar-refractivity contribution < 1.29 is 9.59 Å². The summed E-state index contributed by atoms with van der Waals surface area (Å²) in [5, 5.41) is 7.31. The minimum Gasteiger partial charge on any atom is -0.331 e. The Hall–Kier alpha value is -2.64. The summed E-state index contributed by atoms with van der Waals surface area (Å²) in [6, 6.07) is 14.0. The number of imide groups is 1. The second-order valence-corrected chi connectivity index (χ2v) is 7.04. The average molecular weight is 403 g/mol. The molecule has 3 N–H and O–H groups in total. The lowest BCUT2D eigenvalue weighted by Crippen LogP contribution is -2.49. The Morgan fingerprint density at radius 1 is 1.22 bits per heavy atom. The lowest BCUT2D eigenvalue weighted by molar-refractivity contribution is -0.133. The summed E-state index contributed by atoms with van der Waals surface area (Å²) in [6.45, 7) is 3.74.